The standard InChI is InChI=1S/C24H18N2O2S2/c1-15-10-12-29-23(15)22-18-6-2-3-7-20(18)30-21-9-8-16(13-19(21)26-22)24(27)25-14-17-5-4-11-28-17/h2-13H,14H2,1H3,(H,25,27). The van der Waals surface area contributed by atoms with Crippen LogP contribution in [0.4, 0.5) is 5.69 Å². The fraction of sp³-hybridized carbons (Fsp3) is 0.0833. The van der Waals surface area contributed by atoms with E-state index in [0.29, 0.717) is 12.1 Å². The Morgan fingerprint density at radius 1 is 1.07 bits per heavy atom. The Morgan fingerprint density at radius 3 is 2.77 bits per heavy atom. The van der Waals surface area contributed by atoms with E-state index in [4.69, 9.17) is 9.41 Å². The van der Waals surface area contributed by atoms with E-state index in [1.165, 1.54) is 5.56 Å². The maximum absolute atomic E-state index is 12.7. The van der Waals surface area contributed by atoms with Crippen LogP contribution >= 0.6 is 23.1 Å². The van der Waals surface area contributed by atoms with Gasteiger partial charge >= 0.3 is 0 Å². The summed E-state index contributed by atoms with van der Waals surface area (Å²) in [6, 6.07) is 19.8. The molecule has 148 valence electrons. The first-order valence-electron chi connectivity index (χ1n) is 9.54. The second kappa shape index (κ2) is 7.97. The van der Waals surface area contributed by atoms with Crippen molar-refractivity contribution in [2.24, 2.45) is 4.99 Å². The number of nitrogens with zero attached hydrogens (tertiary/aromatic N) is 1. The summed E-state index contributed by atoms with van der Waals surface area (Å²) in [5.41, 5.74) is 4.67. The Labute approximate surface area is 182 Å². The molecule has 0 spiro atoms. The van der Waals surface area contributed by atoms with Gasteiger partial charge in [0.2, 0.25) is 0 Å². The van der Waals surface area contributed by atoms with E-state index in [1.807, 2.05) is 42.5 Å². The number of hydrogen-bond acceptors (Lipinski definition) is 5. The van der Waals surface area contributed by atoms with Gasteiger partial charge in [-0.3, -0.25) is 4.79 Å². The van der Waals surface area contributed by atoms with Gasteiger partial charge in [0.05, 0.1) is 29.1 Å². The van der Waals surface area contributed by atoms with E-state index in [2.05, 4.69) is 35.8 Å². The van der Waals surface area contributed by atoms with Crippen molar-refractivity contribution in [3.05, 3.63) is 99.6 Å². The number of hydrogen-bond donors (Lipinski definition) is 1. The second-order valence-electron chi connectivity index (χ2n) is 6.94. The molecule has 1 aliphatic heterocycles. The number of aliphatic imine (C=N–C) groups is 1. The van der Waals surface area contributed by atoms with E-state index in [9.17, 15) is 4.79 Å². The van der Waals surface area contributed by atoms with Crippen LogP contribution in [0.2, 0.25) is 0 Å². The van der Waals surface area contributed by atoms with Gasteiger partial charge in [-0.25, -0.2) is 4.99 Å². The number of aryl methyl sites for hydroxylation is 1. The number of rotatable bonds is 4. The van der Waals surface area contributed by atoms with E-state index in [1.54, 1.807) is 29.4 Å². The lowest BCUT2D eigenvalue weighted by Gasteiger charge is -2.08. The molecule has 1 amide bonds. The molecule has 30 heavy (non-hydrogen) atoms. The van der Waals surface area contributed by atoms with Crippen LogP contribution in [0.3, 0.4) is 0 Å². The monoisotopic (exact) mass is 430 g/mol. The van der Waals surface area contributed by atoms with Gasteiger partial charge in [0.15, 0.2) is 0 Å². The Morgan fingerprint density at radius 2 is 1.97 bits per heavy atom. The Balaban J connectivity index is 1.54. The highest BCUT2D eigenvalue weighted by atomic mass is 32.2. The number of amides is 1. The first-order chi connectivity index (χ1) is 14.7. The molecule has 1 aliphatic rings. The zero-order valence-electron chi connectivity index (χ0n) is 16.2. The molecule has 0 saturated carbocycles. The quantitative estimate of drug-likeness (QED) is 0.369. The zero-order valence-corrected chi connectivity index (χ0v) is 17.8. The van der Waals surface area contributed by atoms with Gasteiger partial charge < -0.3 is 9.73 Å². The molecule has 0 saturated heterocycles. The molecular formula is C24H18N2O2S2. The van der Waals surface area contributed by atoms with Crippen LogP contribution < -0.4 is 5.32 Å². The average molecular weight is 431 g/mol. The Kier molecular flexibility index (Phi) is 5.02. The van der Waals surface area contributed by atoms with E-state index in [0.717, 1.165) is 37.4 Å². The molecule has 1 N–H and O–H groups in total. The van der Waals surface area contributed by atoms with Crippen LogP contribution in [-0.2, 0) is 6.54 Å². The highest BCUT2D eigenvalue weighted by molar-refractivity contribution is 7.99. The third kappa shape index (κ3) is 3.60. The first-order valence-corrected chi connectivity index (χ1v) is 11.2. The molecule has 0 fully saturated rings. The van der Waals surface area contributed by atoms with Gasteiger partial charge in [-0.2, -0.15) is 0 Å². The average Bonchev–Trinajstić information content (AvgIpc) is 3.40. The normalized spacial score (nSPS) is 12.5. The molecule has 5 rings (SSSR count). The van der Waals surface area contributed by atoms with Crippen LogP contribution in [0.25, 0.3) is 0 Å². The number of carbonyl (C=O) groups is 1. The van der Waals surface area contributed by atoms with Gasteiger partial charge in [0.1, 0.15) is 5.76 Å². The van der Waals surface area contributed by atoms with Gasteiger partial charge in [-0.05, 0) is 60.3 Å². The number of nitrogens with one attached hydrogen (secondary N) is 1. The van der Waals surface area contributed by atoms with Crippen LogP contribution in [0.5, 0.6) is 0 Å². The van der Waals surface area contributed by atoms with Gasteiger partial charge in [0.25, 0.3) is 5.91 Å². The van der Waals surface area contributed by atoms with Crippen molar-refractivity contribution in [2.75, 3.05) is 0 Å². The van der Waals surface area contributed by atoms with Gasteiger partial charge in [0, 0.05) is 20.9 Å². The molecular weight excluding hydrogens is 412 g/mol. The van der Waals surface area contributed by atoms with Crippen molar-refractivity contribution in [2.45, 2.75) is 23.3 Å². The molecule has 2 aromatic carbocycles. The van der Waals surface area contributed by atoms with Crippen LogP contribution in [0.15, 0.2) is 91.5 Å². The summed E-state index contributed by atoms with van der Waals surface area (Å²) >= 11 is 3.38. The number of thiophene rings is 1. The molecule has 0 unspecified atom stereocenters. The maximum Gasteiger partial charge on any atom is 0.251 e. The fourth-order valence-electron chi connectivity index (χ4n) is 3.35. The molecule has 0 radical (unpaired) electrons. The molecule has 6 heteroatoms. The molecule has 4 aromatic rings. The summed E-state index contributed by atoms with van der Waals surface area (Å²) < 4.78 is 5.29. The minimum Gasteiger partial charge on any atom is -0.467 e. The smallest absolute Gasteiger partial charge is 0.251 e. The van der Waals surface area contributed by atoms with Crippen molar-refractivity contribution in [1.82, 2.24) is 5.32 Å². The van der Waals surface area contributed by atoms with E-state index in [-0.39, 0.29) is 5.91 Å². The molecule has 2 aromatic heterocycles. The van der Waals surface area contributed by atoms with Crippen molar-refractivity contribution >= 4 is 40.4 Å². The lowest BCUT2D eigenvalue weighted by molar-refractivity contribution is 0.0948. The largest absolute Gasteiger partial charge is 0.467 e. The third-order valence-electron chi connectivity index (χ3n) is 4.90. The fourth-order valence-corrected chi connectivity index (χ4v) is 5.29. The molecule has 0 atom stereocenters. The lowest BCUT2D eigenvalue weighted by atomic mass is 10.1. The summed E-state index contributed by atoms with van der Waals surface area (Å²) in [7, 11) is 0. The first kappa shape index (κ1) is 18.9. The molecule has 0 aliphatic carbocycles. The second-order valence-corrected chi connectivity index (χ2v) is 8.94. The number of carbonyl (C=O) groups excluding carboxylic acids is 1. The summed E-state index contributed by atoms with van der Waals surface area (Å²) in [5.74, 6) is 0.572. The summed E-state index contributed by atoms with van der Waals surface area (Å²) in [4.78, 5) is 21.1. The predicted molar refractivity (Wildman–Crippen MR) is 121 cm³/mol. The number of fused-ring (bicyclic) bond motifs is 2. The topological polar surface area (TPSA) is 54.6 Å². The van der Waals surface area contributed by atoms with Crippen LogP contribution in [0, 0.1) is 6.92 Å². The van der Waals surface area contributed by atoms with E-state index < -0.39 is 0 Å². The van der Waals surface area contributed by atoms with Gasteiger partial charge in [-0.1, -0.05) is 30.0 Å². The minimum absolute atomic E-state index is 0.148. The molecule has 4 nitrogen and oxygen atoms in total. The highest BCUT2D eigenvalue weighted by Gasteiger charge is 2.21. The van der Waals surface area contributed by atoms with Crippen molar-refractivity contribution in [3.63, 3.8) is 0 Å². The summed E-state index contributed by atoms with van der Waals surface area (Å²) in [6.45, 7) is 2.46. The highest BCUT2D eigenvalue weighted by Crippen LogP contribution is 2.42. The zero-order chi connectivity index (χ0) is 20.5. The number of benzene rings is 2. The SMILES string of the molecule is Cc1ccsc1C1=Nc2cc(C(=O)NCc3ccco3)ccc2Sc2ccccc21. The number of furan rings is 1. The van der Waals surface area contributed by atoms with Crippen molar-refractivity contribution in [1.29, 1.82) is 0 Å². The summed E-state index contributed by atoms with van der Waals surface area (Å²) in [6.07, 6.45) is 1.60. The van der Waals surface area contributed by atoms with Crippen molar-refractivity contribution in [3.8, 4) is 0 Å². The molecule has 0 bridgehead atoms. The maximum atomic E-state index is 12.7. The van der Waals surface area contributed by atoms with Crippen molar-refractivity contribution < 1.29 is 9.21 Å². The van der Waals surface area contributed by atoms with Crippen LogP contribution in [0.1, 0.15) is 32.1 Å². The Hall–Kier alpha value is -3.09. The molecule has 3 heterocycles. The third-order valence-corrected chi connectivity index (χ3v) is 7.06. The van der Waals surface area contributed by atoms with E-state index >= 15 is 0 Å². The lowest BCUT2D eigenvalue weighted by Crippen LogP contribution is -2.22. The minimum atomic E-state index is -0.148. The van der Waals surface area contributed by atoms with Crippen LogP contribution in [-0.4, -0.2) is 11.6 Å². The van der Waals surface area contributed by atoms with Gasteiger partial charge in [-0.15, -0.1) is 11.3 Å². The Bertz CT molecular complexity index is 1260. The predicted octanol–water partition coefficient (Wildman–Crippen LogP) is 6.21. The summed E-state index contributed by atoms with van der Waals surface area (Å²) in [5, 5.41) is 4.99.